The van der Waals surface area contributed by atoms with Gasteiger partial charge in [-0.2, -0.15) is 0 Å². The molecule has 0 saturated carbocycles. The highest BCUT2D eigenvalue weighted by atomic mass is 35.5. The Balaban J connectivity index is 1.54. The third kappa shape index (κ3) is 5.31. The molecule has 0 aliphatic carbocycles. The van der Waals surface area contributed by atoms with E-state index in [9.17, 15) is 14.4 Å². The quantitative estimate of drug-likeness (QED) is 0.334. The molecule has 0 unspecified atom stereocenters. The Hall–Kier alpha value is -3.03. The zero-order chi connectivity index (χ0) is 21.7. The second kappa shape index (κ2) is 9.65. The molecule has 156 valence electrons. The van der Waals surface area contributed by atoms with Gasteiger partial charge in [0, 0.05) is 18.0 Å². The number of carbonyl (C=O) groups excluding carboxylic acids is 2. The Labute approximate surface area is 181 Å². The van der Waals surface area contributed by atoms with Gasteiger partial charge in [-0.1, -0.05) is 53.5 Å². The Morgan fingerprint density at radius 2 is 1.87 bits per heavy atom. The van der Waals surface area contributed by atoms with Crippen LogP contribution in [0.3, 0.4) is 0 Å². The SMILES string of the molecule is Cc1c(Cl)c(=O)oc2cc(OC(=O)CCNC(=O)OCc3ccccc3)c(Cl)cc12. The summed E-state index contributed by atoms with van der Waals surface area (Å²) in [7, 11) is 0. The van der Waals surface area contributed by atoms with Crippen molar-refractivity contribution in [3.63, 3.8) is 0 Å². The monoisotopic (exact) mass is 449 g/mol. The van der Waals surface area contributed by atoms with E-state index < -0.39 is 17.7 Å². The molecule has 0 aliphatic heterocycles. The van der Waals surface area contributed by atoms with Crippen molar-refractivity contribution in [3.8, 4) is 5.75 Å². The largest absolute Gasteiger partial charge is 0.445 e. The van der Waals surface area contributed by atoms with Gasteiger partial charge in [0.2, 0.25) is 0 Å². The summed E-state index contributed by atoms with van der Waals surface area (Å²) in [5, 5.41) is 3.12. The maximum Gasteiger partial charge on any atom is 0.407 e. The molecular weight excluding hydrogens is 433 g/mol. The summed E-state index contributed by atoms with van der Waals surface area (Å²) in [5.74, 6) is -0.599. The van der Waals surface area contributed by atoms with E-state index >= 15 is 0 Å². The summed E-state index contributed by atoms with van der Waals surface area (Å²) in [6, 6.07) is 12.0. The summed E-state index contributed by atoms with van der Waals surface area (Å²) in [6.07, 6.45) is -0.761. The molecule has 2 aromatic carbocycles. The highest BCUT2D eigenvalue weighted by molar-refractivity contribution is 6.34. The Morgan fingerprint density at radius 1 is 1.13 bits per heavy atom. The first-order valence-corrected chi connectivity index (χ1v) is 9.68. The first kappa shape index (κ1) is 21.7. The molecule has 3 rings (SSSR count). The topological polar surface area (TPSA) is 94.8 Å². The van der Waals surface area contributed by atoms with E-state index in [0.29, 0.717) is 10.9 Å². The molecule has 1 amide bonds. The van der Waals surface area contributed by atoms with Crippen LogP contribution in [0.15, 0.2) is 51.7 Å². The van der Waals surface area contributed by atoms with Crippen LogP contribution in [0.4, 0.5) is 4.79 Å². The predicted octanol–water partition coefficient (Wildman–Crippen LogP) is 4.63. The predicted molar refractivity (Wildman–Crippen MR) is 112 cm³/mol. The molecule has 0 atom stereocenters. The number of amides is 1. The molecule has 0 saturated heterocycles. The smallest absolute Gasteiger partial charge is 0.407 e. The highest BCUT2D eigenvalue weighted by Crippen LogP contribution is 2.32. The van der Waals surface area contributed by atoms with Crippen LogP contribution in [0.25, 0.3) is 11.0 Å². The zero-order valence-corrected chi connectivity index (χ0v) is 17.4. The lowest BCUT2D eigenvalue weighted by molar-refractivity contribution is -0.134. The molecule has 1 aromatic heterocycles. The molecule has 1 N–H and O–H groups in total. The van der Waals surface area contributed by atoms with Crippen LogP contribution in [-0.4, -0.2) is 18.6 Å². The number of ether oxygens (including phenoxy) is 2. The first-order valence-electron chi connectivity index (χ1n) is 8.93. The number of fused-ring (bicyclic) bond motifs is 1. The normalized spacial score (nSPS) is 10.6. The Kier molecular flexibility index (Phi) is 6.97. The summed E-state index contributed by atoms with van der Waals surface area (Å²) in [6.45, 7) is 1.80. The van der Waals surface area contributed by atoms with Crippen LogP contribution in [0.5, 0.6) is 5.75 Å². The van der Waals surface area contributed by atoms with Crippen LogP contribution >= 0.6 is 23.2 Å². The van der Waals surface area contributed by atoms with Gasteiger partial charge in [-0.25, -0.2) is 9.59 Å². The number of rotatable bonds is 6. The lowest BCUT2D eigenvalue weighted by Gasteiger charge is -2.10. The molecule has 0 radical (unpaired) electrons. The molecule has 30 heavy (non-hydrogen) atoms. The van der Waals surface area contributed by atoms with Gasteiger partial charge in [0.25, 0.3) is 0 Å². The summed E-state index contributed by atoms with van der Waals surface area (Å²) in [5.41, 5.74) is 0.860. The van der Waals surface area contributed by atoms with Crippen molar-refractivity contribution in [2.24, 2.45) is 0 Å². The number of hydrogen-bond acceptors (Lipinski definition) is 6. The molecule has 0 spiro atoms. The minimum atomic E-state index is -0.695. The molecule has 0 aliphatic rings. The molecule has 9 heteroatoms. The van der Waals surface area contributed by atoms with Crippen LogP contribution in [0.2, 0.25) is 10.0 Å². The third-order valence-corrected chi connectivity index (χ3v) is 4.92. The van der Waals surface area contributed by atoms with Crippen molar-refractivity contribution < 1.29 is 23.5 Å². The molecule has 0 fully saturated rings. The van der Waals surface area contributed by atoms with Gasteiger partial charge in [-0.15, -0.1) is 0 Å². The van der Waals surface area contributed by atoms with Crippen molar-refractivity contribution >= 4 is 46.2 Å². The number of alkyl carbamates (subject to hydrolysis) is 1. The van der Waals surface area contributed by atoms with Gasteiger partial charge in [0.05, 0.1) is 11.4 Å². The lowest BCUT2D eigenvalue weighted by Crippen LogP contribution is -2.27. The number of hydrogen-bond donors (Lipinski definition) is 1. The van der Waals surface area contributed by atoms with E-state index in [1.54, 1.807) is 6.92 Å². The average Bonchev–Trinajstić information content (AvgIpc) is 2.73. The molecule has 3 aromatic rings. The van der Waals surface area contributed by atoms with Gasteiger partial charge < -0.3 is 19.2 Å². The number of halogens is 2. The Morgan fingerprint density at radius 3 is 2.60 bits per heavy atom. The molecule has 1 heterocycles. The van der Waals surface area contributed by atoms with E-state index in [2.05, 4.69) is 5.32 Å². The van der Waals surface area contributed by atoms with E-state index in [1.807, 2.05) is 30.3 Å². The van der Waals surface area contributed by atoms with Crippen LogP contribution in [0, 0.1) is 6.92 Å². The van der Waals surface area contributed by atoms with Crippen LogP contribution in [-0.2, 0) is 16.1 Å². The maximum absolute atomic E-state index is 12.1. The number of aryl methyl sites for hydroxylation is 1. The maximum atomic E-state index is 12.1. The summed E-state index contributed by atoms with van der Waals surface area (Å²) < 4.78 is 15.4. The number of benzene rings is 2. The second-order valence-corrected chi connectivity index (χ2v) is 7.11. The highest BCUT2D eigenvalue weighted by Gasteiger charge is 2.15. The van der Waals surface area contributed by atoms with Gasteiger partial charge in [-0.3, -0.25) is 4.79 Å². The van der Waals surface area contributed by atoms with E-state index in [4.69, 9.17) is 37.1 Å². The number of carbonyl (C=O) groups is 2. The van der Waals surface area contributed by atoms with Gasteiger partial charge >= 0.3 is 17.7 Å². The van der Waals surface area contributed by atoms with E-state index in [1.165, 1.54) is 12.1 Å². The van der Waals surface area contributed by atoms with Crippen molar-refractivity contribution in [3.05, 3.63) is 74.1 Å². The van der Waals surface area contributed by atoms with Crippen molar-refractivity contribution in [1.29, 1.82) is 0 Å². The van der Waals surface area contributed by atoms with Gasteiger partial charge in [0.1, 0.15) is 17.2 Å². The third-order valence-electron chi connectivity index (χ3n) is 4.18. The summed E-state index contributed by atoms with van der Waals surface area (Å²) in [4.78, 5) is 35.5. The average molecular weight is 450 g/mol. The van der Waals surface area contributed by atoms with Crippen molar-refractivity contribution in [1.82, 2.24) is 5.32 Å². The van der Waals surface area contributed by atoms with Crippen molar-refractivity contribution in [2.45, 2.75) is 20.0 Å². The van der Waals surface area contributed by atoms with Crippen molar-refractivity contribution in [2.75, 3.05) is 6.54 Å². The first-order chi connectivity index (χ1) is 14.3. The lowest BCUT2D eigenvalue weighted by atomic mass is 10.1. The number of esters is 1. The molecule has 7 nitrogen and oxygen atoms in total. The fourth-order valence-corrected chi connectivity index (χ4v) is 2.96. The van der Waals surface area contributed by atoms with E-state index in [-0.39, 0.29) is 41.0 Å². The fourth-order valence-electron chi connectivity index (χ4n) is 2.62. The van der Waals surface area contributed by atoms with Crippen LogP contribution in [0.1, 0.15) is 17.5 Å². The zero-order valence-electron chi connectivity index (χ0n) is 15.9. The van der Waals surface area contributed by atoms with Gasteiger partial charge in [0.15, 0.2) is 5.75 Å². The Bertz CT molecular complexity index is 1140. The minimum Gasteiger partial charge on any atom is -0.445 e. The minimum absolute atomic E-state index is 0.0153. The van der Waals surface area contributed by atoms with Gasteiger partial charge in [-0.05, 0) is 24.1 Å². The molecule has 0 bridgehead atoms. The second-order valence-electron chi connectivity index (χ2n) is 6.32. The fraction of sp³-hybridized carbons (Fsp3) is 0.190. The summed E-state index contributed by atoms with van der Waals surface area (Å²) >= 11 is 12.1. The number of nitrogens with one attached hydrogen (secondary N) is 1. The molecular formula is C21H17Cl2NO6. The standard InChI is InChI=1S/C21H17Cl2NO6/c1-12-14-9-15(22)17(10-16(14)30-20(26)19(12)23)29-18(25)7-8-24-21(27)28-11-13-5-3-2-4-6-13/h2-6,9-10H,7-8,11H2,1H3,(H,24,27). The van der Waals surface area contributed by atoms with E-state index in [0.717, 1.165) is 5.56 Å². The van der Waals surface area contributed by atoms with Crippen LogP contribution < -0.4 is 15.7 Å².